The summed E-state index contributed by atoms with van der Waals surface area (Å²) in [6.45, 7) is 9.36. The molecule has 0 spiro atoms. The molecule has 498 valence electrons. The predicted octanol–water partition coefficient (Wildman–Crippen LogP) is 18.0. The molecular weight excluding hydrogens is 1110 g/mol. The van der Waals surface area contributed by atoms with E-state index >= 15 is 0 Å². The van der Waals surface area contributed by atoms with E-state index in [0.717, 1.165) is 96.3 Å². The van der Waals surface area contributed by atoms with E-state index in [9.17, 15) is 43.2 Å². The molecule has 2 unspecified atom stereocenters. The number of carbonyl (C=O) groups is 4. The molecule has 0 fully saturated rings. The lowest BCUT2D eigenvalue weighted by Crippen LogP contribution is -2.30. The maximum Gasteiger partial charge on any atom is 0.472 e. The molecule has 0 aromatic rings. The lowest BCUT2D eigenvalue weighted by atomic mass is 10.0. The number of carbonyl (C=O) groups excluding carboxylic acids is 4. The summed E-state index contributed by atoms with van der Waals surface area (Å²) in [5.41, 5.74) is 0. The lowest BCUT2D eigenvalue weighted by Gasteiger charge is -2.21. The van der Waals surface area contributed by atoms with Crippen molar-refractivity contribution in [1.29, 1.82) is 0 Å². The summed E-state index contributed by atoms with van der Waals surface area (Å²) in [5.74, 6) is -0.759. The molecule has 17 nitrogen and oxygen atoms in total. The van der Waals surface area contributed by atoms with E-state index in [0.29, 0.717) is 37.5 Å². The Balaban J connectivity index is 5.24. The summed E-state index contributed by atoms with van der Waals surface area (Å²) in [5, 5.41) is 10.5. The molecule has 3 N–H and O–H groups in total. The van der Waals surface area contributed by atoms with Crippen LogP contribution in [0.5, 0.6) is 0 Å². The van der Waals surface area contributed by atoms with Crippen LogP contribution in [-0.2, 0) is 65.4 Å². The Morgan fingerprint density at radius 2 is 0.548 bits per heavy atom. The lowest BCUT2D eigenvalue weighted by molar-refractivity contribution is -0.161. The number of hydrogen-bond donors (Lipinski definition) is 3. The summed E-state index contributed by atoms with van der Waals surface area (Å²) in [6, 6.07) is 0. The summed E-state index contributed by atoms with van der Waals surface area (Å²) < 4.78 is 68.0. The number of hydrogen-bond acceptors (Lipinski definition) is 15. The minimum atomic E-state index is -4.94. The third-order valence-electron chi connectivity index (χ3n) is 15.0. The quantitative estimate of drug-likeness (QED) is 0.0222. The Kier molecular flexibility index (Phi) is 56.2. The van der Waals surface area contributed by atoms with E-state index in [4.69, 9.17) is 37.0 Å². The van der Waals surface area contributed by atoms with E-state index in [1.54, 1.807) is 0 Å². The Morgan fingerprint density at radius 3 is 0.810 bits per heavy atom. The van der Waals surface area contributed by atoms with Gasteiger partial charge in [0.1, 0.15) is 19.3 Å². The predicted molar refractivity (Wildman–Crippen MR) is 335 cm³/mol. The maximum absolute atomic E-state index is 13.0. The maximum atomic E-state index is 13.0. The summed E-state index contributed by atoms with van der Waals surface area (Å²) in [4.78, 5) is 72.2. The van der Waals surface area contributed by atoms with Gasteiger partial charge in [-0.1, -0.05) is 273 Å². The zero-order chi connectivity index (χ0) is 62.2. The van der Waals surface area contributed by atoms with E-state index in [1.165, 1.54) is 135 Å². The molecule has 19 heteroatoms. The van der Waals surface area contributed by atoms with Gasteiger partial charge in [0.05, 0.1) is 26.4 Å². The molecule has 0 aromatic carbocycles. The largest absolute Gasteiger partial charge is 0.472 e. The number of aliphatic hydroxyl groups excluding tert-OH is 1. The first kappa shape index (κ1) is 82.1. The molecule has 0 aliphatic carbocycles. The van der Waals surface area contributed by atoms with Crippen LogP contribution in [0, 0.1) is 11.8 Å². The molecule has 5 atom stereocenters. The molecule has 84 heavy (non-hydrogen) atoms. The van der Waals surface area contributed by atoms with Crippen LogP contribution in [0.4, 0.5) is 0 Å². The SMILES string of the molecule is CCCCCCCCCCCCCCCC(=O)O[C@H](COC(=O)CCCCCCCCCCCCCC)COP(=O)(O)OC[C@@H](O)COP(=O)(O)OC[C@@H](COC(=O)CCCCCCCCC(C)C)OC(=O)CCCCCCCCCC(C)C. The van der Waals surface area contributed by atoms with Gasteiger partial charge in [-0.3, -0.25) is 37.3 Å². The third kappa shape index (κ3) is 59.0. The zero-order valence-corrected chi connectivity index (χ0v) is 56.0. The van der Waals surface area contributed by atoms with Crippen molar-refractivity contribution in [3.8, 4) is 0 Å². The second-order valence-corrected chi connectivity index (χ2v) is 27.4. The van der Waals surface area contributed by atoms with Gasteiger partial charge in [-0.05, 0) is 37.5 Å². The molecule has 0 aliphatic heterocycles. The highest BCUT2D eigenvalue weighted by Crippen LogP contribution is 2.45. The normalized spacial score (nSPS) is 14.3. The van der Waals surface area contributed by atoms with Gasteiger partial charge in [0, 0.05) is 25.7 Å². The molecule has 0 saturated carbocycles. The molecule has 0 amide bonds. The van der Waals surface area contributed by atoms with Crippen LogP contribution >= 0.6 is 15.6 Å². The fourth-order valence-corrected chi connectivity index (χ4v) is 11.3. The number of phosphoric ester groups is 2. The number of rotatable bonds is 64. The molecule has 0 aliphatic rings. The van der Waals surface area contributed by atoms with Gasteiger partial charge in [-0.25, -0.2) is 9.13 Å². The highest BCUT2D eigenvalue weighted by Gasteiger charge is 2.30. The van der Waals surface area contributed by atoms with Crippen LogP contribution in [0.3, 0.4) is 0 Å². The Morgan fingerprint density at radius 1 is 0.321 bits per heavy atom. The van der Waals surface area contributed by atoms with Crippen LogP contribution in [0.1, 0.15) is 324 Å². The van der Waals surface area contributed by atoms with Gasteiger partial charge in [-0.15, -0.1) is 0 Å². The van der Waals surface area contributed by atoms with Gasteiger partial charge in [-0.2, -0.15) is 0 Å². The van der Waals surface area contributed by atoms with Crippen molar-refractivity contribution in [2.24, 2.45) is 11.8 Å². The number of aliphatic hydroxyl groups is 1. The topological polar surface area (TPSA) is 237 Å². The van der Waals surface area contributed by atoms with Gasteiger partial charge in [0.25, 0.3) is 0 Å². The van der Waals surface area contributed by atoms with Crippen molar-refractivity contribution in [3.63, 3.8) is 0 Å². The van der Waals surface area contributed by atoms with Crippen molar-refractivity contribution >= 4 is 39.5 Å². The smallest absolute Gasteiger partial charge is 0.462 e. The Labute approximate surface area is 511 Å². The zero-order valence-electron chi connectivity index (χ0n) is 54.2. The van der Waals surface area contributed by atoms with E-state index < -0.39 is 97.5 Å². The van der Waals surface area contributed by atoms with Crippen LogP contribution in [-0.4, -0.2) is 96.7 Å². The number of esters is 4. The first-order chi connectivity index (χ1) is 40.4. The van der Waals surface area contributed by atoms with Crippen molar-refractivity contribution < 1.29 is 80.2 Å². The standard InChI is InChI=1S/C65H126O17P2/c1-7-9-11-13-15-17-19-21-23-25-29-37-43-49-64(69)81-60(53-75-62(67)47-41-35-28-24-22-20-18-16-14-12-10-8-2)55-79-83(71,72)77-51-59(66)52-78-84(73,74)80-56-61(54-76-63(68)48-42-36-32-31-34-40-46-58(5)6)82-65(70)50-44-38-30-26-27-33-39-45-57(3)4/h57-61,66H,7-56H2,1-6H3,(H,71,72)(H,73,74)/t59-,60-,61-/m1/s1. The number of unbranched alkanes of at least 4 members (excludes halogenated alkanes) is 34. The minimum Gasteiger partial charge on any atom is -0.462 e. The van der Waals surface area contributed by atoms with E-state index in [-0.39, 0.29) is 25.7 Å². The monoisotopic (exact) mass is 1240 g/mol. The van der Waals surface area contributed by atoms with Gasteiger partial charge in [0.2, 0.25) is 0 Å². The Hall–Kier alpha value is -1.94. The Bertz CT molecular complexity index is 1650. The molecule has 0 radical (unpaired) electrons. The van der Waals surface area contributed by atoms with Crippen LogP contribution in [0.15, 0.2) is 0 Å². The molecule has 0 heterocycles. The fourth-order valence-electron chi connectivity index (χ4n) is 9.71. The average molecular weight is 1240 g/mol. The van der Waals surface area contributed by atoms with E-state index in [1.807, 2.05) is 0 Å². The summed E-state index contributed by atoms with van der Waals surface area (Å²) in [7, 11) is -9.89. The van der Waals surface area contributed by atoms with Crippen LogP contribution in [0.25, 0.3) is 0 Å². The molecular formula is C65H126O17P2. The van der Waals surface area contributed by atoms with Crippen LogP contribution < -0.4 is 0 Å². The van der Waals surface area contributed by atoms with Crippen molar-refractivity contribution in [1.82, 2.24) is 0 Å². The summed E-state index contributed by atoms with van der Waals surface area (Å²) >= 11 is 0. The average Bonchev–Trinajstić information content (AvgIpc) is 3.47. The highest BCUT2D eigenvalue weighted by molar-refractivity contribution is 7.47. The first-order valence-corrected chi connectivity index (χ1v) is 37.0. The van der Waals surface area contributed by atoms with Gasteiger partial charge < -0.3 is 33.8 Å². The van der Waals surface area contributed by atoms with Crippen molar-refractivity contribution in [2.45, 2.75) is 342 Å². The number of ether oxygens (including phenoxy) is 4. The number of phosphoric acid groups is 2. The first-order valence-electron chi connectivity index (χ1n) is 34.0. The molecule has 0 bridgehead atoms. The van der Waals surface area contributed by atoms with Crippen LogP contribution in [0.2, 0.25) is 0 Å². The molecule has 0 saturated heterocycles. The van der Waals surface area contributed by atoms with Crippen molar-refractivity contribution in [3.05, 3.63) is 0 Å². The van der Waals surface area contributed by atoms with Gasteiger partial charge >= 0.3 is 39.5 Å². The fraction of sp³-hybridized carbons (Fsp3) is 0.938. The highest BCUT2D eigenvalue weighted by atomic mass is 31.2. The molecule has 0 rings (SSSR count). The van der Waals surface area contributed by atoms with Crippen molar-refractivity contribution in [2.75, 3.05) is 39.6 Å². The second kappa shape index (κ2) is 57.5. The third-order valence-corrected chi connectivity index (χ3v) is 16.9. The molecule has 0 aromatic heterocycles. The van der Waals surface area contributed by atoms with Gasteiger partial charge in [0.15, 0.2) is 12.2 Å². The van der Waals surface area contributed by atoms with E-state index in [2.05, 4.69) is 41.5 Å². The summed E-state index contributed by atoms with van der Waals surface area (Å²) in [6.07, 6.45) is 40.5. The second-order valence-electron chi connectivity index (χ2n) is 24.5. The minimum absolute atomic E-state index is 0.102.